The fraction of sp³-hybridized carbons (Fsp3) is 0.250. The van der Waals surface area contributed by atoms with Crippen molar-refractivity contribution in [1.82, 2.24) is 4.98 Å². The highest BCUT2D eigenvalue weighted by Gasteiger charge is 2.13. The summed E-state index contributed by atoms with van der Waals surface area (Å²) in [5.74, 6) is 0.612. The molecule has 0 aliphatic heterocycles. The van der Waals surface area contributed by atoms with Gasteiger partial charge in [0.05, 0.1) is 16.8 Å². The van der Waals surface area contributed by atoms with Crippen molar-refractivity contribution in [3.05, 3.63) is 65.7 Å². The summed E-state index contributed by atoms with van der Waals surface area (Å²) in [6.07, 6.45) is 0.870. The topological polar surface area (TPSA) is 71.2 Å². The first kappa shape index (κ1) is 16.3. The van der Waals surface area contributed by atoms with Gasteiger partial charge in [-0.1, -0.05) is 42.5 Å². The van der Waals surface area contributed by atoms with E-state index >= 15 is 0 Å². The Balaban J connectivity index is 1.89. The maximum Gasteiger partial charge on any atom is 0.150 e. The number of anilines is 2. The van der Waals surface area contributed by atoms with Crippen molar-refractivity contribution in [1.29, 1.82) is 0 Å². The van der Waals surface area contributed by atoms with Crippen LogP contribution in [0.5, 0.6) is 0 Å². The number of hydrogen-bond donors (Lipinski definition) is 3. The average molecular weight is 321 g/mol. The number of aliphatic hydroxyl groups is 1. The molecule has 0 saturated heterocycles. The fourth-order valence-corrected chi connectivity index (χ4v) is 2.61. The Bertz CT molecular complexity index is 839. The second-order valence-electron chi connectivity index (χ2n) is 6.78. The van der Waals surface area contributed by atoms with E-state index in [0.29, 0.717) is 18.1 Å². The summed E-state index contributed by atoms with van der Waals surface area (Å²) in [5, 5.41) is 14.0. The molecule has 2 aromatic carbocycles. The van der Waals surface area contributed by atoms with E-state index in [1.54, 1.807) is 13.8 Å². The van der Waals surface area contributed by atoms with Gasteiger partial charge in [-0.05, 0) is 43.5 Å². The van der Waals surface area contributed by atoms with Gasteiger partial charge in [0.2, 0.25) is 0 Å². The van der Waals surface area contributed by atoms with Crippen molar-refractivity contribution < 1.29 is 5.11 Å². The second-order valence-corrected chi connectivity index (χ2v) is 6.78. The minimum Gasteiger partial charge on any atom is -0.396 e. The maximum atomic E-state index is 9.86. The smallest absolute Gasteiger partial charge is 0.150 e. The number of benzene rings is 2. The summed E-state index contributed by atoms with van der Waals surface area (Å²) in [5.41, 5.74) is 9.21. The molecule has 3 rings (SSSR count). The van der Waals surface area contributed by atoms with Gasteiger partial charge >= 0.3 is 0 Å². The third kappa shape index (κ3) is 4.03. The normalized spacial score (nSPS) is 11.6. The van der Waals surface area contributed by atoms with E-state index in [9.17, 15) is 5.11 Å². The Kier molecular flexibility index (Phi) is 4.40. The van der Waals surface area contributed by atoms with E-state index in [-0.39, 0.29) is 0 Å². The summed E-state index contributed by atoms with van der Waals surface area (Å²) in [6.45, 7) is 3.88. The summed E-state index contributed by atoms with van der Waals surface area (Å²) in [6, 6.07) is 18.5. The Hall–Kier alpha value is -2.59. The van der Waals surface area contributed by atoms with E-state index in [0.717, 1.165) is 17.3 Å². The van der Waals surface area contributed by atoms with E-state index in [4.69, 9.17) is 5.73 Å². The van der Waals surface area contributed by atoms with Crippen LogP contribution in [0.3, 0.4) is 0 Å². The molecule has 0 bridgehead atoms. The first-order valence-electron chi connectivity index (χ1n) is 8.10. The van der Waals surface area contributed by atoms with Gasteiger partial charge in [-0.2, -0.15) is 0 Å². The molecule has 0 aliphatic carbocycles. The second kappa shape index (κ2) is 6.49. The quantitative estimate of drug-likeness (QED) is 0.671. The van der Waals surface area contributed by atoms with Gasteiger partial charge in [-0.3, -0.25) is 0 Å². The molecule has 4 heteroatoms. The lowest BCUT2D eigenvalue weighted by Crippen LogP contribution is -2.29. The van der Waals surface area contributed by atoms with Crippen LogP contribution >= 0.6 is 0 Å². The Morgan fingerprint density at radius 1 is 1.04 bits per heavy atom. The van der Waals surface area contributed by atoms with Gasteiger partial charge in [-0.25, -0.2) is 4.98 Å². The van der Waals surface area contributed by atoms with Crippen LogP contribution < -0.4 is 11.1 Å². The Labute approximate surface area is 142 Å². The van der Waals surface area contributed by atoms with Gasteiger partial charge in [-0.15, -0.1) is 0 Å². The van der Waals surface area contributed by atoms with Crippen molar-refractivity contribution in [2.45, 2.75) is 25.9 Å². The fourth-order valence-electron chi connectivity index (χ4n) is 2.61. The molecule has 0 spiro atoms. The van der Waals surface area contributed by atoms with Gasteiger partial charge in [0.25, 0.3) is 0 Å². The number of hydrogen-bond acceptors (Lipinski definition) is 4. The molecule has 4 nitrogen and oxygen atoms in total. The van der Waals surface area contributed by atoms with E-state index in [1.807, 2.05) is 24.3 Å². The molecule has 1 aromatic heterocycles. The van der Waals surface area contributed by atoms with Crippen LogP contribution in [0.25, 0.3) is 10.9 Å². The SMILES string of the molecule is CC(C)(O)CNc1nc2cc(Cc3ccccc3)ccc2cc1N. The lowest BCUT2D eigenvalue weighted by atomic mass is 10.0. The largest absolute Gasteiger partial charge is 0.396 e. The number of fused-ring (bicyclic) bond motifs is 1. The summed E-state index contributed by atoms with van der Waals surface area (Å²) < 4.78 is 0. The van der Waals surface area contributed by atoms with E-state index < -0.39 is 5.60 Å². The van der Waals surface area contributed by atoms with Crippen LogP contribution in [-0.2, 0) is 6.42 Å². The van der Waals surface area contributed by atoms with Crippen molar-refractivity contribution in [3.8, 4) is 0 Å². The number of aromatic nitrogens is 1. The van der Waals surface area contributed by atoms with Gasteiger partial charge < -0.3 is 16.2 Å². The molecule has 0 atom stereocenters. The van der Waals surface area contributed by atoms with Gasteiger partial charge in [0.1, 0.15) is 5.82 Å². The van der Waals surface area contributed by atoms with Crippen LogP contribution in [0, 0.1) is 0 Å². The minimum absolute atomic E-state index is 0.388. The first-order chi connectivity index (χ1) is 11.4. The predicted octanol–water partition coefficient (Wildman–Crippen LogP) is 3.59. The van der Waals surface area contributed by atoms with Gasteiger partial charge in [0.15, 0.2) is 0 Å². The molecule has 0 unspecified atom stereocenters. The molecule has 0 fully saturated rings. The third-order valence-corrected chi connectivity index (χ3v) is 3.85. The molecule has 1 heterocycles. The molecule has 24 heavy (non-hydrogen) atoms. The van der Waals surface area contributed by atoms with Crippen LogP contribution in [0.15, 0.2) is 54.6 Å². The lowest BCUT2D eigenvalue weighted by Gasteiger charge is -2.19. The maximum absolute atomic E-state index is 9.86. The van der Waals surface area contributed by atoms with Crippen LogP contribution in [-0.4, -0.2) is 22.2 Å². The number of pyridine rings is 1. The molecule has 0 amide bonds. The number of nitrogens with one attached hydrogen (secondary N) is 1. The summed E-state index contributed by atoms with van der Waals surface area (Å²) in [7, 11) is 0. The molecular formula is C20H23N3O. The predicted molar refractivity (Wildman–Crippen MR) is 100 cm³/mol. The summed E-state index contributed by atoms with van der Waals surface area (Å²) >= 11 is 0. The van der Waals surface area contributed by atoms with Crippen molar-refractivity contribution in [2.24, 2.45) is 0 Å². The molecular weight excluding hydrogens is 298 g/mol. The molecule has 0 saturated carbocycles. The lowest BCUT2D eigenvalue weighted by molar-refractivity contribution is 0.0944. The highest BCUT2D eigenvalue weighted by Crippen LogP contribution is 2.24. The van der Waals surface area contributed by atoms with E-state index in [2.05, 4.69) is 40.6 Å². The molecule has 0 radical (unpaired) electrons. The van der Waals surface area contributed by atoms with Crippen molar-refractivity contribution in [2.75, 3.05) is 17.6 Å². The molecule has 124 valence electrons. The first-order valence-corrected chi connectivity index (χ1v) is 8.10. The average Bonchev–Trinajstić information content (AvgIpc) is 2.53. The zero-order chi connectivity index (χ0) is 17.2. The molecule has 3 aromatic rings. The van der Waals surface area contributed by atoms with Crippen molar-refractivity contribution in [3.63, 3.8) is 0 Å². The van der Waals surface area contributed by atoms with Gasteiger partial charge in [0, 0.05) is 11.9 Å². The third-order valence-electron chi connectivity index (χ3n) is 3.85. The van der Waals surface area contributed by atoms with Crippen LogP contribution in [0.2, 0.25) is 0 Å². The van der Waals surface area contributed by atoms with Crippen LogP contribution in [0.1, 0.15) is 25.0 Å². The monoisotopic (exact) mass is 321 g/mol. The number of nitrogens with zero attached hydrogens (tertiary/aromatic N) is 1. The zero-order valence-electron chi connectivity index (χ0n) is 14.1. The minimum atomic E-state index is -0.821. The number of nitrogen functional groups attached to an aromatic ring is 1. The molecule has 0 aliphatic rings. The standard InChI is InChI=1S/C20H23N3O/c1-20(2,24)13-22-19-17(21)12-16-9-8-15(11-18(16)23-19)10-14-6-4-3-5-7-14/h3-9,11-12,24H,10,13,21H2,1-2H3,(H,22,23). The zero-order valence-corrected chi connectivity index (χ0v) is 14.1. The Morgan fingerprint density at radius 2 is 1.79 bits per heavy atom. The van der Waals surface area contributed by atoms with Crippen LogP contribution in [0.4, 0.5) is 11.5 Å². The highest BCUT2D eigenvalue weighted by molar-refractivity contribution is 5.86. The number of nitrogens with two attached hydrogens (primary N) is 1. The van der Waals surface area contributed by atoms with E-state index in [1.165, 1.54) is 11.1 Å². The van der Waals surface area contributed by atoms with Crippen molar-refractivity contribution >= 4 is 22.4 Å². The number of rotatable bonds is 5. The Morgan fingerprint density at radius 3 is 2.50 bits per heavy atom. The summed E-state index contributed by atoms with van der Waals surface area (Å²) in [4.78, 5) is 4.63. The molecule has 4 N–H and O–H groups in total. The highest BCUT2D eigenvalue weighted by atomic mass is 16.3.